The van der Waals surface area contributed by atoms with E-state index in [4.69, 9.17) is 16.9 Å². The van der Waals surface area contributed by atoms with Crippen LogP contribution in [-0.2, 0) is 5.88 Å². The maximum atomic E-state index is 12.6. The molecular formula is C7H4ClFN2. The van der Waals surface area contributed by atoms with Gasteiger partial charge in [-0.25, -0.2) is 9.37 Å². The predicted octanol–water partition coefficient (Wildman–Crippen LogP) is 1.83. The summed E-state index contributed by atoms with van der Waals surface area (Å²) >= 11 is 5.38. The molecule has 0 radical (unpaired) electrons. The van der Waals surface area contributed by atoms with Gasteiger partial charge in [-0.3, -0.25) is 0 Å². The first-order valence-corrected chi connectivity index (χ1v) is 3.42. The second-order valence-corrected chi connectivity index (χ2v) is 2.17. The fourth-order valence-electron chi connectivity index (χ4n) is 0.644. The smallest absolute Gasteiger partial charge is 0.145 e. The Morgan fingerprint density at radius 3 is 3.00 bits per heavy atom. The van der Waals surface area contributed by atoms with E-state index in [2.05, 4.69) is 4.98 Å². The van der Waals surface area contributed by atoms with Gasteiger partial charge in [0, 0.05) is 5.56 Å². The molecule has 4 heteroatoms. The van der Waals surface area contributed by atoms with Gasteiger partial charge in [-0.15, -0.1) is 11.6 Å². The number of rotatable bonds is 1. The van der Waals surface area contributed by atoms with Crippen LogP contribution in [0.15, 0.2) is 12.3 Å². The lowest BCUT2D eigenvalue weighted by atomic mass is 10.2. The molecule has 0 atom stereocenters. The number of hydrogen-bond donors (Lipinski definition) is 0. The molecule has 0 spiro atoms. The van der Waals surface area contributed by atoms with E-state index in [0.717, 1.165) is 6.20 Å². The number of nitriles is 1. The molecule has 56 valence electrons. The number of aromatic nitrogens is 1. The van der Waals surface area contributed by atoms with Crippen molar-refractivity contribution in [3.63, 3.8) is 0 Å². The van der Waals surface area contributed by atoms with Crippen molar-refractivity contribution < 1.29 is 4.39 Å². The molecule has 1 aromatic heterocycles. The monoisotopic (exact) mass is 170 g/mol. The molecule has 0 aliphatic heterocycles. The lowest BCUT2D eigenvalue weighted by Gasteiger charge is -1.95. The summed E-state index contributed by atoms with van der Waals surface area (Å²) in [6.07, 6.45) is 0.996. The van der Waals surface area contributed by atoms with Crippen molar-refractivity contribution >= 4 is 11.6 Å². The molecule has 1 aromatic rings. The van der Waals surface area contributed by atoms with Gasteiger partial charge in [-0.05, 0) is 6.07 Å². The first-order valence-electron chi connectivity index (χ1n) is 2.88. The summed E-state index contributed by atoms with van der Waals surface area (Å²) in [6, 6.07) is 3.13. The molecule has 1 rings (SSSR count). The van der Waals surface area contributed by atoms with E-state index < -0.39 is 5.82 Å². The van der Waals surface area contributed by atoms with Gasteiger partial charge in [0.1, 0.15) is 17.6 Å². The van der Waals surface area contributed by atoms with Crippen LogP contribution in [0.3, 0.4) is 0 Å². The van der Waals surface area contributed by atoms with E-state index in [1.807, 2.05) is 0 Å². The van der Waals surface area contributed by atoms with Gasteiger partial charge in [0.25, 0.3) is 0 Å². The molecule has 0 N–H and O–H groups in total. The first-order chi connectivity index (χ1) is 5.27. The average molecular weight is 171 g/mol. The maximum absolute atomic E-state index is 12.6. The van der Waals surface area contributed by atoms with Crippen LogP contribution < -0.4 is 0 Å². The van der Waals surface area contributed by atoms with Crippen LogP contribution in [0, 0.1) is 17.1 Å². The van der Waals surface area contributed by atoms with Gasteiger partial charge in [0.05, 0.1) is 12.1 Å². The van der Waals surface area contributed by atoms with Crippen LogP contribution in [0.2, 0.25) is 0 Å². The lowest BCUT2D eigenvalue weighted by Crippen LogP contribution is -1.90. The highest BCUT2D eigenvalue weighted by Crippen LogP contribution is 2.09. The number of pyridine rings is 1. The highest BCUT2D eigenvalue weighted by molar-refractivity contribution is 6.17. The number of halogens is 2. The molecular weight excluding hydrogens is 167 g/mol. The van der Waals surface area contributed by atoms with Crippen molar-refractivity contribution in [3.8, 4) is 6.07 Å². The molecule has 0 aliphatic rings. The molecule has 0 amide bonds. The third-order valence-corrected chi connectivity index (χ3v) is 1.48. The van der Waals surface area contributed by atoms with E-state index in [0.29, 0.717) is 5.56 Å². The number of alkyl halides is 1. The summed E-state index contributed by atoms with van der Waals surface area (Å²) in [5.41, 5.74) is 0.486. The van der Waals surface area contributed by atoms with Crippen molar-refractivity contribution in [1.82, 2.24) is 4.98 Å². The average Bonchev–Trinajstić information content (AvgIpc) is 2.05. The zero-order valence-electron chi connectivity index (χ0n) is 5.51. The van der Waals surface area contributed by atoms with Crippen molar-refractivity contribution in [1.29, 1.82) is 5.26 Å². The third-order valence-electron chi connectivity index (χ3n) is 1.19. The zero-order valence-corrected chi connectivity index (χ0v) is 6.27. The van der Waals surface area contributed by atoms with Gasteiger partial charge in [-0.1, -0.05) is 0 Å². The molecule has 0 saturated carbocycles. The minimum Gasteiger partial charge on any atom is -0.242 e. The summed E-state index contributed by atoms with van der Waals surface area (Å²) in [7, 11) is 0. The first kappa shape index (κ1) is 7.96. The molecule has 11 heavy (non-hydrogen) atoms. The fourth-order valence-corrected chi connectivity index (χ4v) is 0.849. The highest BCUT2D eigenvalue weighted by Gasteiger charge is 2.01. The Morgan fingerprint density at radius 2 is 2.45 bits per heavy atom. The summed E-state index contributed by atoms with van der Waals surface area (Å²) < 4.78 is 12.6. The van der Waals surface area contributed by atoms with E-state index >= 15 is 0 Å². The van der Waals surface area contributed by atoms with E-state index in [1.165, 1.54) is 6.07 Å². The van der Waals surface area contributed by atoms with Crippen molar-refractivity contribution in [2.45, 2.75) is 5.88 Å². The standard InChI is InChI=1S/C7H4ClFN2/c8-2-5-1-6(3-10)11-4-7(5)9/h1,4H,2H2. The van der Waals surface area contributed by atoms with Crippen LogP contribution in [0.4, 0.5) is 4.39 Å². The molecule has 0 saturated heterocycles. The summed E-state index contributed by atoms with van der Waals surface area (Å²) in [5.74, 6) is -0.415. The highest BCUT2D eigenvalue weighted by atomic mass is 35.5. The molecule has 0 fully saturated rings. The van der Waals surface area contributed by atoms with E-state index in [1.54, 1.807) is 6.07 Å². The molecule has 0 aliphatic carbocycles. The Kier molecular flexibility index (Phi) is 2.40. The van der Waals surface area contributed by atoms with Crippen LogP contribution in [0.25, 0.3) is 0 Å². The van der Waals surface area contributed by atoms with E-state index in [9.17, 15) is 4.39 Å². The van der Waals surface area contributed by atoms with Crippen molar-refractivity contribution in [2.24, 2.45) is 0 Å². The second-order valence-electron chi connectivity index (χ2n) is 1.91. The SMILES string of the molecule is N#Cc1cc(CCl)c(F)cn1. The summed E-state index contributed by atoms with van der Waals surface area (Å²) in [4.78, 5) is 3.51. The van der Waals surface area contributed by atoms with Crippen LogP contribution in [0.5, 0.6) is 0 Å². The third kappa shape index (κ3) is 1.66. The summed E-state index contributed by atoms with van der Waals surface area (Å²) in [6.45, 7) is 0. The maximum Gasteiger partial charge on any atom is 0.145 e. The Bertz CT molecular complexity index is 306. The molecule has 1 heterocycles. The molecule has 0 aromatic carbocycles. The Balaban J connectivity index is 3.15. The fraction of sp³-hybridized carbons (Fsp3) is 0.143. The largest absolute Gasteiger partial charge is 0.242 e. The van der Waals surface area contributed by atoms with Crippen LogP contribution in [0.1, 0.15) is 11.3 Å². The number of hydrogen-bond acceptors (Lipinski definition) is 2. The summed E-state index contributed by atoms with van der Waals surface area (Å²) in [5, 5.41) is 8.37. The Labute approximate surface area is 68.2 Å². The minimum atomic E-state index is -0.473. The topological polar surface area (TPSA) is 36.7 Å². The van der Waals surface area contributed by atoms with Crippen molar-refractivity contribution in [2.75, 3.05) is 0 Å². The zero-order chi connectivity index (χ0) is 8.27. The Morgan fingerprint density at radius 1 is 1.73 bits per heavy atom. The predicted molar refractivity (Wildman–Crippen MR) is 38.5 cm³/mol. The Hall–Kier alpha value is -1.14. The van der Waals surface area contributed by atoms with Gasteiger partial charge in [0.15, 0.2) is 0 Å². The van der Waals surface area contributed by atoms with E-state index in [-0.39, 0.29) is 11.6 Å². The molecule has 0 unspecified atom stereocenters. The van der Waals surface area contributed by atoms with Gasteiger partial charge in [-0.2, -0.15) is 5.26 Å². The second kappa shape index (κ2) is 3.31. The molecule has 0 bridgehead atoms. The number of nitrogens with zero attached hydrogens (tertiary/aromatic N) is 2. The lowest BCUT2D eigenvalue weighted by molar-refractivity contribution is 0.610. The normalized spacial score (nSPS) is 9.18. The van der Waals surface area contributed by atoms with Gasteiger partial charge < -0.3 is 0 Å². The van der Waals surface area contributed by atoms with Crippen LogP contribution >= 0.6 is 11.6 Å². The molecule has 2 nitrogen and oxygen atoms in total. The quantitative estimate of drug-likeness (QED) is 0.603. The van der Waals surface area contributed by atoms with Gasteiger partial charge >= 0.3 is 0 Å². The van der Waals surface area contributed by atoms with Crippen LogP contribution in [-0.4, -0.2) is 4.98 Å². The van der Waals surface area contributed by atoms with Crippen molar-refractivity contribution in [3.05, 3.63) is 29.3 Å². The minimum absolute atomic E-state index is 0.0586. The van der Waals surface area contributed by atoms with Gasteiger partial charge in [0.2, 0.25) is 0 Å².